The van der Waals surface area contributed by atoms with E-state index in [1.54, 1.807) is 6.92 Å². The molecule has 0 radical (unpaired) electrons. The molecule has 3 rings (SSSR count). The Labute approximate surface area is 137 Å². The van der Waals surface area contributed by atoms with Crippen molar-refractivity contribution in [1.29, 1.82) is 0 Å². The highest BCUT2D eigenvalue weighted by Gasteiger charge is 2.39. The van der Waals surface area contributed by atoms with E-state index in [0.717, 1.165) is 23.1 Å². The Kier molecular flexibility index (Phi) is 3.91. The average Bonchev–Trinajstić information content (AvgIpc) is 2.76. The fourth-order valence-electron chi connectivity index (χ4n) is 3.07. The van der Waals surface area contributed by atoms with Gasteiger partial charge in [-0.3, -0.25) is 4.99 Å². The van der Waals surface area contributed by atoms with E-state index in [9.17, 15) is 8.78 Å². The molecule has 7 heteroatoms. The van der Waals surface area contributed by atoms with Crippen molar-refractivity contribution >= 4 is 16.9 Å². The molecule has 0 bridgehead atoms. The third kappa shape index (κ3) is 2.85. The predicted molar refractivity (Wildman–Crippen MR) is 86.3 cm³/mol. The van der Waals surface area contributed by atoms with Crippen molar-refractivity contribution in [1.82, 2.24) is 5.16 Å². The maximum absolute atomic E-state index is 14.2. The second-order valence-electron chi connectivity index (χ2n) is 5.90. The highest BCUT2D eigenvalue weighted by Crippen LogP contribution is 2.48. The Morgan fingerprint density at radius 1 is 1.35 bits per heavy atom. The third-order valence-electron chi connectivity index (χ3n) is 4.12. The maximum Gasteiger partial charge on any atom is 0.155 e. The maximum atomic E-state index is 14.2. The first-order valence-electron chi connectivity index (χ1n) is 7.20. The van der Waals surface area contributed by atoms with E-state index >= 15 is 0 Å². The minimum Gasteiger partial charge on any atom is -0.378 e. The predicted octanol–water partition coefficient (Wildman–Crippen LogP) is 3.98. The molecule has 0 saturated carbocycles. The van der Waals surface area contributed by atoms with Crippen LogP contribution in [-0.4, -0.2) is 10.3 Å². The Hall–Kier alpha value is -1.89. The lowest BCUT2D eigenvalue weighted by atomic mass is 9.85. The van der Waals surface area contributed by atoms with Gasteiger partial charge in [0.2, 0.25) is 0 Å². The standard InChI is InChI=1S/C16H17F2N3OS/c1-8-14(9(2)22-21-8)13-7-16(3,20-15(19)23-13)11-5-4-10(17)6-12(11)18/h4-6,13H,7H2,1-3H3,(H2,19,20). The van der Waals surface area contributed by atoms with Gasteiger partial charge >= 0.3 is 0 Å². The van der Waals surface area contributed by atoms with Gasteiger partial charge in [-0.2, -0.15) is 0 Å². The van der Waals surface area contributed by atoms with Gasteiger partial charge in [-0.15, -0.1) is 0 Å². The number of thioether (sulfide) groups is 1. The lowest BCUT2D eigenvalue weighted by Crippen LogP contribution is -2.31. The van der Waals surface area contributed by atoms with Crippen LogP contribution in [0.2, 0.25) is 0 Å². The summed E-state index contributed by atoms with van der Waals surface area (Å²) in [6.07, 6.45) is 0.518. The van der Waals surface area contributed by atoms with E-state index in [2.05, 4.69) is 10.1 Å². The highest BCUT2D eigenvalue weighted by molar-refractivity contribution is 8.14. The molecule has 0 aliphatic carbocycles. The van der Waals surface area contributed by atoms with Crippen molar-refractivity contribution in [3.63, 3.8) is 0 Å². The molecule has 0 spiro atoms. The molecular formula is C16H17F2N3OS. The molecule has 2 unspecified atom stereocenters. The summed E-state index contributed by atoms with van der Waals surface area (Å²) >= 11 is 1.41. The first kappa shape index (κ1) is 16.0. The van der Waals surface area contributed by atoms with Crippen LogP contribution in [-0.2, 0) is 5.54 Å². The molecule has 0 saturated heterocycles. The molecule has 122 valence electrons. The molecule has 1 aliphatic rings. The molecule has 1 aromatic heterocycles. The molecule has 1 aromatic carbocycles. The number of amidine groups is 1. The van der Waals surface area contributed by atoms with Gasteiger partial charge in [0.1, 0.15) is 17.4 Å². The minimum absolute atomic E-state index is 0.0480. The number of aliphatic imine (C=N–C) groups is 1. The molecule has 0 fully saturated rings. The van der Waals surface area contributed by atoms with Gasteiger partial charge in [-0.1, -0.05) is 23.0 Å². The number of hydrogen-bond donors (Lipinski definition) is 1. The first-order valence-corrected chi connectivity index (χ1v) is 8.08. The number of aryl methyl sites for hydroxylation is 2. The van der Waals surface area contributed by atoms with Crippen molar-refractivity contribution in [3.8, 4) is 0 Å². The van der Waals surface area contributed by atoms with E-state index in [1.807, 2.05) is 13.8 Å². The van der Waals surface area contributed by atoms with Gasteiger partial charge in [0.25, 0.3) is 0 Å². The largest absolute Gasteiger partial charge is 0.378 e. The van der Waals surface area contributed by atoms with Gasteiger partial charge in [-0.05, 0) is 33.3 Å². The monoisotopic (exact) mass is 337 g/mol. The zero-order valence-corrected chi connectivity index (χ0v) is 13.9. The van der Waals surface area contributed by atoms with Gasteiger partial charge < -0.3 is 10.3 Å². The number of benzene rings is 1. The number of nitrogens with two attached hydrogens (primary N) is 1. The summed E-state index contributed by atoms with van der Waals surface area (Å²) < 4.78 is 32.7. The number of aromatic nitrogens is 1. The van der Waals surface area contributed by atoms with E-state index in [0.29, 0.717) is 17.2 Å². The second-order valence-corrected chi connectivity index (χ2v) is 7.12. The fourth-order valence-corrected chi connectivity index (χ4v) is 4.48. The van der Waals surface area contributed by atoms with Crippen LogP contribution in [0.5, 0.6) is 0 Å². The molecule has 2 heterocycles. The van der Waals surface area contributed by atoms with Crippen LogP contribution in [0, 0.1) is 25.5 Å². The summed E-state index contributed by atoms with van der Waals surface area (Å²) in [5.41, 5.74) is 7.20. The summed E-state index contributed by atoms with van der Waals surface area (Å²) in [7, 11) is 0. The van der Waals surface area contributed by atoms with Gasteiger partial charge in [0.15, 0.2) is 5.17 Å². The normalized spacial score (nSPS) is 24.6. The molecule has 2 aromatic rings. The molecule has 1 aliphatic heterocycles. The summed E-state index contributed by atoms with van der Waals surface area (Å²) in [4.78, 5) is 4.44. The zero-order valence-electron chi connectivity index (χ0n) is 13.1. The smallest absolute Gasteiger partial charge is 0.155 e. The summed E-state index contributed by atoms with van der Waals surface area (Å²) in [5.74, 6) is -0.510. The summed E-state index contributed by atoms with van der Waals surface area (Å²) in [5, 5.41) is 4.29. The van der Waals surface area contributed by atoms with Crippen LogP contribution in [0.25, 0.3) is 0 Å². The van der Waals surface area contributed by atoms with Crippen molar-refractivity contribution in [2.24, 2.45) is 10.7 Å². The Balaban J connectivity index is 2.04. The fraction of sp³-hybridized carbons (Fsp3) is 0.375. The topological polar surface area (TPSA) is 64.4 Å². The lowest BCUT2D eigenvalue weighted by Gasteiger charge is -2.34. The van der Waals surface area contributed by atoms with Crippen molar-refractivity contribution in [2.45, 2.75) is 38.0 Å². The summed E-state index contributed by atoms with van der Waals surface area (Å²) in [6, 6.07) is 3.54. The van der Waals surface area contributed by atoms with Crippen LogP contribution in [0.4, 0.5) is 8.78 Å². The Morgan fingerprint density at radius 2 is 2.09 bits per heavy atom. The van der Waals surface area contributed by atoms with Gasteiger partial charge in [0.05, 0.1) is 11.2 Å². The van der Waals surface area contributed by atoms with Gasteiger partial charge in [-0.25, -0.2) is 8.78 Å². The number of rotatable bonds is 2. The SMILES string of the molecule is Cc1noc(C)c1C1CC(C)(c2ccc(F)cc2F)N=C(N)S1. The number of hydrogen-bond acceptors (Lipinski definition) is 5. The molecule has 0 amide bonds. The Bertz CT molecular complexity index is 770. The van der Waals surface area contributed by atoms with E-state index in [1.165, 1.54) is 23.9 Å². The van der Waals surface area contributed by atoms with Crippen LogP contribution in [0.1, 0.15) is 41.2 Å². The summed E-state index contributed by atoms with van der Waals surface area (Å²) in [6.45, 7) is 5.51. The first-order chi connectivity index (χ1) is 10.8. The van der Waals surface area contributed by atoms with E-state index < -0.39 is 17.2 Å². The highest BCUT2D eigenvalue weighted by atomic mass is 32.2. The third-order valence-corrected chi connectivity index (χ3v) is 5.14. The van der Waals surface area contributed by atoms with Crippen molar-refractivity contribution in [3.05, 3.63) is 52.4 Å². The Morgan fingerprint density at radius 3 is 2.70 bits per heavy atom. The molecule has 2 atom stereocenters. The van der Waals surface area contributed by atoms with Crippen molar-refractivity contribution < 1.29 is 13.3 Å². The van der Waals surface area contributed by atoms with Crippen LogP contribution < -0.4 is 5.73 Å². The molecule has 23 heavy (non-hydrogen) atoms. The van der Waals surface area contributed by atoms with Crippen LogP contribution in [0.3, 0.4) is 0 Å². The quantitative estimate of drug-likeness (QED) is 0.900. The lowest BCUT2D eigenvalue weighted by molar-refractivity contribution is 0.389. The average molecular weight is 337 g/mol. The second kappa shape index (κ2) is 5.63. The van der Waals surface area contributed by atoms with Gasteiger partial charge in [0, 0.05) is 22.4 Å². The van der Waals surface area contributed by atoms with Crippen molar-refractivity contribution in [2.75, 3.05) is 0 Å². The van der Waals surface area contributed by atoms with Crippen LogP contribution in [0.15, 0.2) is 27.7 Å². The zero-order chi connectivity index (χ0) is 16.8. The minimum atomic E-state index is -0.867. The number of halogens is 2. The molecular weight excluding hydrogens is 320 g/mol. The van der Waals surface area contributed by atoms with E-state index in [4.69, 9.17) is 10.3 Å². The number of nitrogens with zero attached hydrogens (tertiary/aromatic N) is 2. The molecule has 4 nitrogen and oxygen atoms in total. The van der Waals surface area contributed by atoms with E-state index in [-0.39, 0.29) is 5.25 Å². The van der Waals surface area contributed by atoms with Crippen LogP contribution >= 0.6 is 11.8 Å². The molecule has 2 N–H and O–H groups in total.